The molecule has 2 fully saturated rings. The molecule has 4 aromatic carbocycles. The number of nitriles is 1. The van der Waals surface area contributed by atoms with Gasteiger partial charge in [0, 0.05) is 25.2 Å². The topological polar surface area (TPSA) is 129 Å². The van der Waals surface area contributed by atoms with Gasteiger partial charge in [0.05, 0.1) is 19.2 Å². The number of rotatable bonds is 10. The molecule has 2 N–H and O–H groups in total. The molecule has 11 nitrogen and oxygen atoms in total. The number of urea groups is 1. The molecule has 2 atom stereocenters. The Morgan fingerprint density at radius 3 is 2.43 bits per heavy atom. The van der Waals surface area contributed by atoms with Crippen LogP contribution >= 0.6 is 0 Å². The van der Waals surface area contributed by atoms with E-state index in [4.69, 9.17) is 0 Å². The van der Waals surface area contributed by atoms with E-state index in [1.54, 1.807) is 26.9 Å². The Morgan fingerprint density at radius 2 is 1.67 bits per heavy atom. The zero-order chi connectivity index (χ0) is 32.0. The first kappa shape index (κ1) is 30.3. The second-order valence-electron chi connectivity index (χ2n) is 11.3. The maximum absolute atomic E-state index is 14.2. The third-order valence-electron chi connectivity index (χ3n) is 8.47. The first-order valence-corrected chi connectivity index (χ1v) is 15.1. The van der Waals surface area contributed by atoms with Gasteiger partial charge < -0.3 is 20.4 Å². The normalized spacial score (nSPS) is 17.8. The zero-order valence-electron chi connectivity index (χ0n) is 25.1. The summed E-state index contributed by atoms with van der Waals surface area (Å²) in [6.07, 6.45) is 0.161. The summed E-state index contributed by atoms with van der Waals surface area (Å²) < 4.78 is 0. The van der Waals surface area contributed by atoms with E-state index in [1.807, 2.05) is 84.9 Å². The molecule has 46 heavy (non-hydrogen) atoms. The number of fused-ring (bicyclic) bond motifs is 2. The maximum Gasteiger partial charge on any atom is 0.333 e. The van der Waals surface area contributed by atoms with E-state index in [0.717, 1.165) is 27.5 Å². The molecular weight excluding hydrogens is 582 g/mol. The Balaban J connectivity index is 1.32. The summed E-state index contributed by atoms with van der Waals surface area (Å²) in [7, 11) is 0. The monoisotopic (exact) mass is 615 g/mol. The number of hydrogen-bond donors (Lipinski definition) is 2. The van der Waals surface area contributed by atoms with Gasteiger partial charge >= 0.3 is 6.03 Å². The van der Waals surface area contributed by atoms with Crippen molar-refractivity contribution in [1.29, 1.82) is 5.26 Å². The Bertz CT molecular complexity index is 1790. The summed E-state index contributed by atoms with van der Waals surface area (Å²) in [6, 6.07) is 31.2. The number of hydrogen-bond acceptors (Lipinski definition) is 6. The minimum Gasteiger partial charge on any atom is -0.333 e. The van der Waals surface area contributed by atoms with Crippen LogP contribution in [0.25, 0.3) is 10.8 Å². The van der Waals surface area contributed by atoms with Crippen molar-refractivity contribution in [2.24, 2.45) is 0 Å². The summed E-state index contributed by atoms with van der Waals surface area (Å²) >= 11 is 0. The van der Waals surface area contributed by atoms with Crippen LogP contribution in [0.5, 0.6) is 0 Å². The van der Waals surface area contributed by atoms with Gasteiger partial charge in [-0.2, -0.15) is 10.3 Å². The van der Waals surface area contributed by atoms with E-state index in [-0.39, 0.29) is 44.4 Å². The third-order valence-corrected chi connectivity index (χ3v) is 8.47. The molecule has 0 unspecified atom stereocenters. The van der Waals surface area contributed by atoms with E-state index < -0.39 is 18.2 Å². The predicted molar refractivity (Wildman–Crippen MR) is 171 cm³/mol. The molecule has 0 aliphatic carbocycles. The fourth-order valence-corrected chi connectivity index (χ4v) is 6.27. The van der Waals surface area contributed by atoms with E-state index in [1.165, 1.54) is 5.01 Å². The maximum atomic E-state index is 14.2. The first-order valence-electron chi connectivity index (χ1n) is 15.1. The molecule has 2 saturated heterocycles. The minimum atomic E-state index is -0.840. The zero-order valence-corrected chi connectivity index (χ0v) is 25.1. The standard InChI is InChI=1S/C35H33N7O4/c36-17-18-40(35(46)37-20-26-7-2-1-3-8-26)41-23-33(44)42-31(19-25-13-15-29(16-14-25)38-24-43)34(45)39(22-32(41)42)21-28-11-6-10-27-9-4-5-12-30(27)28/h1-16,24,31-32H,18-23H2,(H,37,46)(H,38,43)/t31-,32+/m0/s1. The van der Waals surface area contributed by atoms with Crippen molar-refractivity contribution in [3.05, 3.63) is 114 Å². The van der Waals surface area contributed by atoms with Crippen LogP contribution < -0.4 is 10.6 Å². The van der Waals surface area contributed by atoms with E-state index in [0.29, 0.717) is 18.6 Å². The fourth-order valence-electron chi connectivity index (χ4n) is 6.27. The molecule has 0 bridgehead atoms. The van der Waals surface area contributed by atoms with Crippen LogP contribution in [0.1, 0.15) is 16.7 Å². The lowest BCUT2D eigenvalue weighted by atomic mass is 9.98. The smallest absolute Gasteiger partial charge is 0.333 e. The van der Waals surface area contributed by atoms with Gasteiger partial charge in [0.1, 0.15) is 18.8 Å². The molecule has 2 aliphatic rings. The van der Waals surface area contributed by atoms with Gasteiger partial charge in [-0.15, -0.1) is 0 Å². The number of carbonyl (C=O) groups is 4. The largest absolute Gasteiger partial charge is 0.333 e. The number of carbonyl (C=O) groups excluding carboxylic acids is 4. The van der Waals surface area contributed by atoms with Crippen molar-refractivity contribution >= 4 is 40.7 Å². The summed E-state index contributed by atoms with van der Waals surface area (Å²) in [5.74, 6) is -0.499. The third kappa shape index (κ3) is 6.24. The molecule has 0 aromatic heterocycles. The molecule has 232 valence electrons. The van der Waals surface area contributed by atoms with Gasteiger partial charge in [0.15, 0.2) is 0 Å². The SMILES string of the molecule is N#CCN(C(=O)NCc1ccccc1)N1CC(=O)N2[C@@H](Cc3ccc(NC=O)cc3)C(=O)N(Cc3cccc4ccccc34)C[C@@H]21. The first-order chi connectivity index (χ1) is 22.5. The molecule has 0 radical (unpaired) electrons. The number of piperazine rings is 1. The summed E-state index contributed by atoms with van der Waals surface area (Å²) in [5.41, 5.74) is 3.28. The average Bonchev–Trinajstić information content (AvgIpc) is 3.40. The predicted octanol–water partition coefficient (Wildman–Crippen LogP) is 3.48. The van der Waals surface area contributed by atoms with Crippen molar-refractivity contribution in [2.45, 2.75) is 31.7 Å². The molecule has 2 aliphatic heterocycles. The molecule has 2 heterocycles. The fraction of sp³-hybridized carbons (Fsp3) is 0.229. The summed E-state index contributed by atoms with van der Waals surface area (Å²) in [4.78, 5) is 55.6. The van der Waals surface area contributed by atoms with E-state index >= 15 is 0 Å². The lowest BCUT2D eigenvalue weighted by Gasteiger charge is -2.46. The molecular formula is C35H33N7O4. The number of anilines is 1. The minimum absolute atomic E-state index is 0.153. The highest BCUT2D eigenvalue weighted by atomic mass is 16.2. The Hall–Kier alpha value is -5.73. The second-order valence-corrected chi connectivity index (χ2v) is 11.3. The van der Waals surface area contributed by atoms with Crippen LogP contribution in [0, 0.1) is 11.3 Å². The van der Waals surface area contributed by atoms with Crippen molar-refractivity contribution in [3.8, 4) is 6.07 Å². The number of amides is 5. The van der Waals surface area contributed by atoms with Gasteiger partial charge in [-0.25, -0.2) is 9.80 Å². The highest BCUT2D eigenvalue weighted by molar-refractivity contribution is 5.92. The van der Waals surface area contributed by atoms with Crippen LogP contribution in [-0.2, 0) is 33.9 Å². The molecule has 11 heteroatoms. The highest BCUT2D eigenvalue weighted by Gasteiger charge is 2.52. The molecule has 0 saturated carbocycles. The van der Waals surface area contributed by atoms with Gasteiger partial charge in [-0.3, -0.25) is 14.4 Å². The quantitative estimate of drug-likeness (QED) is 0.208. The van der Waals surface area contributed by atoms with E-state index in [2.05, 4.69) is 16.7 Å². The van der Waals surface area contributed by atoms with E-state index in [9.17, 15) is 24.4 Å². The number of nitrogens with zero attached hydrogens (tertiary/aromatic N) is 5. The van der Waals surface area contributed by atoms with Gasteiger partial charge in [0.2, 0.25) is 18.2 Å². The second kappa shape index (κ2) is 13.5. The van der Waals surface area contributed by atoms with Crippen LogP contribution in [0.4, 0.5) is 10.5 Å². The van der Waals surface area contributed by atoms with Crippen LogP contribution in [0.3, 0.4) is 0 Å². The van der Waals surface area contributed by atoms with Crippen molar-refractivity contribution in [1.82, 2.24) is 25.1 Å². The molecule has 0 spiro atoms. The number of nitrogens with one attached hydrogen (secondary N) is 2. The van der Waals surface area contributed by atoms with Crippen molar-refractivity contribution < 1.29 is 19.2 Å². The lowest BCUT2D eigenvalue weighted by Crippen LogP contribution is -2.66. The molecule has 4 aromatic rings. The molecule has 6 rings (SSSR count). The Morgan fingerprint density at radius 1 is 0.935 bits per heavy atom. The molecule has 5 amide bonds. The van der Waals surface area contributed by atoms with Crippen LogP contribution in [-0.4, -0.2) is 75.9 Å². The van der Waals surface area contributed by atoms with Gasteiger partial charge in [-0.05, 0) is 39.6 Å². The lowest BCUT2D eigenvalue weighted by molar-refractivity contribution is -0.157. The van der Waals surface area contributed by atoms with Crippen molar-refractivity contribution in [2.75, 3.05) is 25.0 Å². The summed E-state index contributed by atoms with van der Waals surface area (Å²) in [6.45, 7) is 0.287. The van der Waals surface area contributed by atoms with Crippen LogP contribution in [0.2, 0.25) is 0 Å². The van der Waals surface area contributed by atoms with Gasteiger partial charge in [0.25, 0.3) is 0 Å². The number of hydrazine groups is 1. The number of benzene rings is 4. The van der Waals surface area contributed by atoms with Crippen molar-refractivity contribution in [3.63, 3.8) is 0 Å². The van der Waals surface area contributed by atoms with Crippen LogP contribution in [0.15, 0.2) is 97.1 Å². The Labute approximate surface area is 266 Å². The Kier molecular flexibility index (Phi) is 8.89. The van der Waals surface area contributed by atoms with Gasteiger partial charge in [-0.1, -0.05) is 84.9 Å². The summed E-state index contributed by atoms with van der Waals surface area (Å²) in [5, 5.41) is 20.1. The highest BCUT2D eigenvalue weighted by Crippen LogP contribution is 2.31. The average molecular weight is 616 g/mol.